The fraction of sp³-hybridized carbons (Fsp3) is 0.188. The maximum atomic E-state index is 5.80. The lowest BCUT2D eigenvalue weighted by Gasteiger charge is -2.11. The van der Waals surface area contributed by atoms with E-state index in [1.54, 1.807) is 6.20 Å². The van der Waals surface area contributed by atoms with E-state index in [2.05, 4.69) is 15.0 Å². The third-order valence-corrected chi connectivity index (χ3v) is 3.03. The van der Waals surface area contributed by atoms with Crippen molar-refractivity contribution in [3.63, 3.8) is 0 Å². The molecule has 0 unspecified atom stereocenters. The van der Waals surface area contributed by atoms with E-state index in [1.165, 1.54) is 0 Å². The van der Waals surface area contributed by atoms with Gasteiger partial charge in [0, 0.05) is 29.4 Å². The van der Waals surface area contributed by atoms with Crippen molar-refractivity contribution >= 4 is 16.7 Å². The van der Waals surface area contributed by atoms with Crippen molar-refractivity contribution in [2.24, 2.45) is 0 Å². The molecule has 0 atom stereocenters. The van der Waals surface area contributed by atoms with Crippen molar-refractivity contribution in [2.75, 3.05) is 5.73 Å². The molecule has 2 N–H and O–H groups in total. The second kappa shape index (κ2) is 5.36. The van der Waals surface area contributed by atoms with Crippen LogP contribution < -0.4 is 10.5 Å². The van der Waals surface area contributed by atoms with Gasteiger partial charge in [-0.25, -0.2) is 4.98 Å². The molecule has 0 aliphatic carbocycles. The molecule has 106 valence electrons. The van der Waals surface area contributed by atoms with Crippen LogP contribution in [-0.4, -0.2) is 21.1 Å². The molecule has 2 aromatic heterocycles. The van der Waals surface area contributed by atoms with Crippen LogP contribution in [0.2, 0.25) is 0 Å². The summed E-state index contributed by atoms with van der Waals surface area (Å²) in [5.41, 5.74) is 7.53. The third kappa shape index (κ3) is 2.76. The van der Waals surface area contributed by atoms with Crippen molar-refractivity contribution in [1.82, 2.24) is 15.0 Å². The van der Waals surface area contributed by atoms with Gasteiger partial charge in [0.15, 0.2) is 0 Å². The summed E-state index contributed by atoms with van der Waals surface area (Å²) in [6.45, 7) is 3.89. The van der Waals surface area contributed by atoms with E-state index in [4.69, 9.17) is 10.5 Å². The Bertz CT molecular complexity index is 781. The Morgan fingerprint density at radius 2 is 2.00 bits per heavy atom. The van der Waals surface area contributed by atoms with Gasteiger partial charge >= 0.3 is 0 Å². The smallest absolute Gasteiger partial charge is 0.223 e. The Morgan fingerprint density at radius 1 is 1.14 bits per heavy atom. The van der Waals surface area contributed by atoms with E-state index in [0.29, 0.717) is 5.88 Å². The van der Waals surface area contributed by atoms with Crippen molar-refractivity contribution < 1.29 is 4.74 Å². The Labute approximate surface area is 122 Å². The first kappa shape index (κ1) is 13.3. The van der Waals surface area contributed by atoms with Crippen LogP contribution in [0.4, 0.5) is 5.95 Å². The lowest BCUT2D eigenvalue weighted by Crippen LogP contribution is -2.08. The monoisotopic (exact) mass is 280 g/mol. The normalized spacial score (nSPS) is 11.0. The van der Waals surface area contributed by atoms with Gasteiger partial charge in [-0.2, -0.15) is 4.98 Å². The molecule has 0 fully saturated rings. The van der Waals surface area contributed by atoms with Gasteiger partial charge < -0.3 is 10.5 Å². The highest BCUT2D eigenvalue weighted by atomic mass is 16.5. The average Bonchev–Trinajstić information content (AvgIpc) is 2.45. The fourth-order valence-corrected chi connectivity index (χ4v) is 2.23. The molecule has 0 bridgehead atoms. The Balaban J connectivity index is 2.16. The highest BCUT2D eigenvalue weighted by Gasteiger charge is 2.10. The topological polar surface area (TPSA) is 73.9 Å². The molecule has 0 aliphatic rings. The minimum Gasteiger partial charge on any atom is -0.475 e. The van der Waals surface area contributed by atoms with Crippen LogP contribution in [0.1, 0.15) is 13.8 Å². The van der Waals surface area contributed by atoms with Gasteiger partial charge in [-0.3, -0.25) is 4.98 Å². The number of aromatic nitrogens is 3. The summed E-state index contributed by atoms with van der Waals surface area (Å²) in [7, 11) is 0. The zero-order valence-electron chi connectivity index (χ0n) is 11.9. The molecule has 5 nitrogen and oxygen atoms in total. The van der Waals surface area contributed by atoms with E-state index >= 15 is 0 Å². The van der Waals surface area contributed by atoms with Crippen LogP contribution in [0.3, 0.4) is 0 Å². The van der Waals surface area contributed by atoms with Crippen molar-refractivity contribution in [3.8, 4) is 17.1 Å². The first-order valence-electron chi connectivity index (χ1n) is 6.78. The van der Waals surface area contributed by atoms with E-state index in [1.807, 2.05) is 50.4 Å². The van der Waals surface area contributed by atoms with Gasteiger partial charge in [-0.05, 0) is 25.3 Å². The second-order valence-electron chi connectivity index (χ2n) is 5.02. The Morgan fingerprint density at radius 3 is 2.81 bits per heavy atom. The zero-order chi connectivity index (χ0) is 14.8. The molecule has 0 amide bonds. The minimum atomic E-state index is 0.0314. The minimum absolute atomic E-state index is 0.0314. The summed E-state index contributed by atoms with van der Waals surface area (Å²) in [4.78, 5) is 12.6. The number of hydrogen-bond donors (Lipinski definition) is 1. The Kier molecular flexibility index (Phi) is 3.39. The molecular formula is C16H16N4O. The SMILES string of the molecule is CC(C)Oc1cc(-c2cccc3cnccc23)nc(N)n1. The highest BCUT2D eigenvalue weighted by molar-refractivity contribution is 5.95. The molecule has 0 saturated heterocycles. The number of nitrogens with two attached hydrogens (primary N) is 1. The molecule has 0 spiro atoms. The summed E-state index contributed by atoms with van der Waals surface area (Å²) in [5, 5.41) is 2.12. The van der Waals surface area contributed by atoms with Gasteiger partial charge in [-0.1, -0.05) is 18.2 Å². The number of hydrogen-bond acceptors (Lipinski definition) is 5. The maximum absolute atomic E-state index is 5.80. The maximum Gasteiger partial charge on any atom is 0.223 e. The Hall–Kier alpha value is -2.69. The van der Waals surface area contributed by atoms with Crippen LogP contribution in [0.25, 0.3) is 22.0 Å². The number of fused-ring (bicyclic) bond motifs is 1. The number of nitrogens with zero attached hydrogens (tertiary/aromatic N) is 3. The molecule has 2 heterocycles. The predicted molar refractivity (Wildman–Crippen MR) is 82.9 cm³/mol. The van der Waals surface area contributed by atoms with Crippen molar-refractivity contribution in [1.29, 1.82) is 0 Å². The molecule has 5 heteroatoms. The van der Waals surface area contributed by atoms with Gasteiger partial charge in [-0.15, -0.1) is 0 Å². The molecule has 0 radical (unpaired) electrons. The molecule has 0 aliphatic heterocycles. The quantitative estimate of drug-likeness (QED) is 0.798. The molecule has 1 aromatic carbocycles. The molecule has 3 rings (SSSR count). The lowest BCUT2D eigenvalue weighted by atomic mass is 10.0. The van der Waals surface area contributed by atoms with Crippen LogP contribution in [0.15, 0.2) is 42.7 Å². The first-order valence-corrected chi connectivity index (χ1v) is 6.78. The van der Waals surface area contributed by atoms with Crippen molar-refractivity contribution in [3.05, 3.63) is 42.7 Å². The van der Waals surface area contributed by atoms with Gasteiger partial charge in [0.05, 0.1) is 11.8 Å². The number of rotatable bonds is 3. The lowest BCUT2D eigenvalue weighted by molar-refractivity contribution is 0.233. The van der Waals surface area contributed by atoms with E-state index in [0.717, 1.165) is 22.0 Å². The molecule has 21 heavy (non-hydrogen) atoms. The van der Waals surface area contributed by atoms with E-state index < -0.39 is 0 Å². The van der Waals surface area contributed by atoms with Crippen LogP contribution >= 0.6 is 0 Å². The highest BCUT2D eigenvalue weighted by Crippen LogP contribution is 2.29. The van der Waals surface area contributed by atoms with Crippen LogP contribution in [0.5, 0.6) is 5.88 Å². The van der Waals surface area contributed by atoms with Crippen molar-refractivity contribution in [2.45, 2.75) is 20.0 Å². The summed E-state index contributed by atoms with van der Waals surface area (Å²) >= 11 is 0. The largest absolute Gasteiger partial charge is 0.475 e. The number of anilines is 1. The summed E-state index contributed by atoms with van der Waals surface area (Å²) in [6, 6.07) is 9.77. The van der Waals surface area contributed by atoms with Crippen LogP contribution in [-0.2, 0) is 0 Å². The number of nitrogen functional groups attached to an aromatic ring is 1. The third-order valence-electron chi connectivity index (χ3n) is 3.03. The number of ether oxygens (including phenoxy) is 1. The van der Waals surface area contributed by atoms with E-state index in [-0.39, 0.29) is 12.1 Å². The van der Waals surface area contributed by atoms with E-state index in [9.17, 15) is 0 Å². The molecule has 0 saturated carbocycles. The standard InChI is InChI=1S/C16H16N4O/c1-10(2)21-15-8-14(19-16(17)20-15)13-5-3-4-11-9-18-7-6-12(11)13/h3-10H,1-2H3,(H2,17,19,20). The fourth-order valence-electron chi connectivity index (χ4n) is 2.23. The summed E-state index contributed by atoms with van der Waals surface area (Å²) in [5.74, 6) is 0.688. The number of benzene rings is 1. The average molecular weight is 280 g/mol. The summed E-state index contributed by atoms with van der Waals surface area (Å²) in [6.07, 6.45) is 3.63. The van der Waals surface area contributed by atoms with Gasteiger partial charge in [0.1, 0.15) is 0 Å². The summed E-state index contributed by atoms with van der Waals surface area (Å²) < 4.78 is 5.63. The van der Waals surface area contributed by atoms with Crippen LogP contribution in [0, 0.1) is 0 Å². The molecule has 3 aromatic rings. The number of pyridine rings is 1. The predicted octanol–water partition coefficient (Wildman–Crippen LogP) is 3.06. The van der Waals surface area contributed by atoms with Gasteiger partial charge in [0.25, 0.3) is 0 Å². The van der Waals surface area contributed by atoms with Gasteiger partial charge in [0.2, 0.25) is 11.8 Å². The second-order valence-corrected chi connectivity index (χ2v) is 5.02. The first-order chi connectivity index (χ1) is 10.1. The zero-order valence-corrected chi connectivity index (χ0v) is 11.9. The molecular weight excluding hydrogens is 264 g/mol.